The molecular formula is C12H18BrN3. The summed E-state index contributed by atoms with van der Waals surface area (Å²) in [6.45, 7) is 2.39. The Hall–Kier alpha value is -0.350. The van der Waals surface area contributed by atoms with Gasteiger partial charge in [-0.1, -0.05) is 0 Å². The van der Waals surface area contributed by atoms with Crippen LogP contribution in [0.3, 0.4) is 0 Å². The highest BCUT2D eigenvalue weighted by molar-refractivity contribution is 9.10. The number of rotatable bonds is 1. The van der Waals surface area contributed by atoms with Gasteiger partial charge in [0.15, 0.2) is 0 Å². The number of fused-ring (bicyclic) bond motifs is 1. The molecule has 0 unspecified atom stereocenters. The normalized spacial score (nSPS) is 22.6. The smallest absolute Gasteiger partial charge is 0.107 e. The van der Waals surface area contributed by atoms with Gasteiger partial charge in [-0.2, -0.15) is 5.10 Å². The molecule has 1 aromatic rings. The number of aryl methyl sites for hydroxylation is 1. The maximum Gasteiger partial charge on any atom is 0.107 e. The minimum atomic E-state index is 0.608. The monoisotopic (exact) mass is 283 g/mol. The van der Waals surface area contributed by atoms with Crippen molar-refractivity contribution in [3.63, 3.8) is 0 Å². The first-order valence-electron chi connectivity index (χ1n) is 6.20. The fraction of sp³-hybridized carbons (Fsp3) is 0.750. The number of halogens is 1. The van der Waals surface area contributed by atoms with E-state index in [1.807, 2.05) is 0 Å². The van der Waals surface area contributed by atoms with Crippen LogP contribution in [0.1, 0.15) is 36.6 Å². The highest BCUT2D eigenvalue weighted by Crippen LogP contribution is 2.33. The van der Waals surface area contributed by atoms with Gasteiger partial charge in [-0.25, -0.2) is 0 Å². The molecule has 1 aliphatic carbocycles. The zero-order valence-electron chi connectivity index (χ0n) is 9.75. The predicted molar refractivity (Wildman–Crippen MR) is 67.7 cm³/mol. The van der Waals surface area contributed by atoms with Crippen LogP contribution in [-0.4, -0.2) is 34.8 Å². The SMILES string of the molecule is CN1CCC(n2nc3c(c2Br)CCC3)CC1. The molecule has 0 spiro atoms. The lowest BCUT2D eigenvalue weighted by atomic mass is 10.1. The fourth-order valence-electron chi connectivity index (χ4n) is 2.85. The number of likely N-dealkylation sites (tertiary alicyclic amines) is 1. The Morgan fingerprint density at radius 3 is 2.69 bits per heavy atom. The Labute approximate surface area is 105 Å². The summed E-state index contributed by atoms with van der Waals surface area (Å²) in [5.41, 5.74) is 2.81. The van der Waals surface area contributed by atoms with E-state index in [1.165, 1.54) is 61.1 Å². The number of piperidine rings is 1. The Morgan fingerprint density at radius 1 is 1.25 bits per heavy atom. The molecular weight excluding hydrogens is 266 g/mol. The van der Waals surface area contributed by atoms with Crippen molar-refractivity contribution in [3.8, 4) is 0 Å². The van der Waals surface area contributed by atoms with Crippen LogP contribution in [-0.2, 0) is 12.8 Å². The van der Waals surface area contributed by atoms with Crippen LogP contribution in [0.5, 0.6) is 0 Å². The van der Waals surface area contributed by atoms with Gasteiger partial charge in [-0.3, -0.25) is 4.68 Å². The third-order valence-corrected chi connectivity index (χ3v) is 4.74. The van der Waals surface area contributed by atoms with E-state index in [1.54, 1.807) is 0 Å². The second-order valence-corrected chi connectivity index (χ2v) is 5.80. The number of hydrogen-bond acceptors (Lipinski definition) is 2. The zero-order chi connectivity index (χ0) is 11.1. The van der Waals surface area contributed by atoms with E-state index in [-0.39, 0.29) is 0 Å². The first-order chi connectivity index (χ1) is 7.75. The fourth-order valence-corrected chi connectivity index (χ4v) is 3.65. The van der Waals surface area contributed by atoms with Crippen LogP contribution in [0, 0.1) is 0 Å². The largest absolute Gasteiger partial charge is 0.306 e. The van der Waals surface area contributed by atoms with Gasteiger partial charge in [-0.05, 0) is 68.2 Å². The molecule has 2 heterocycles. The molecule has 1 fully saturated rings. The summed E-state index contributed by atoms with van der Waals surface area (Å²) in [5, 5.41) is 4.79. The predicted octanol–water partition coefficient (Wildman–Crippen LogP) is 2.40. The van der Waals surface area contributed by atoms with Crippen LogP contribution >= 0.6 is 15.9 Å². The molecule has 3 nitrogen and oxygen atoms in total. The summed E-state index contributed by atoms with van der Waals surface area (Å²) in [5.74, 6) is 0. The quantitative estimate of drug-likeness (QED) is 0.789. The Kier molecular flexibility index (Phi) is 2.80. The van der Waals surface area contributed by atoms with Gasteiger partial charge in [0, 0.05) is 5.56 Å². The first kappa shape index (κ1) is 10.8. The summed E-state index contributed by atoms with van der Waals surface area (Å²) in [4.78, 5) is 2.40. The van der Waals surface area contributed by atoms with Crippen molar-refractivity contribution in [2.75, 3.05) is 20.1 Å². The Morgan fingerprint density at radius 2 is 2.00 bits per heavy atom. The lowest BCUT2D eigenvalue weighted by Crippen LogP contribution is -2.32. The van der Waals surface area contributed by atoms with Crippen LogP contribution < -0.4 is 0 Å². The molecule has 3 rings (SSSR count). The Balaban J connectivity index is 1.84. The van der Waals surface area contributed by atoms with Crippen LogP contribution in [0.4, 0.5) is 0 Å². The van der Waals surface area contributed by atoms with Gasteiger partial charge >= 0.3 is 0 Å². The molecule has 0 N–H and O–H groups in total. The van der Waals surface area contributed by atoms with Crippen molar-refractivity contribution in [2.45, 2.75) is 38.1 Å². The maximum absolute atomic E-state index is 4.79. The highest BCUT2D eigenvalue weighted by Gasteiger charge is 2.26. The summed E-state index contributed by atoms with van der Waals surface area (Å²) in [6.07, 6.45) is 6.13. The molecule has 88 valence electrons. The molecule has 1 aliphatic heterocycles. The molecule has 4 heteroatoms. The summed E-state index contributed by atoms with van der Waals surface area (Å²) >= 11 is 3.74. The van der Waals surface area contributed by atoms with Gasteiger partial charge < -0.3 is 4.90 Å². The van der Waals surface area contributed by atoms with Crippen molar-refractivity contribution in [1.29, 1.82) is 0 Å². The lowest BCUT2D eigenvalue weighted by Gasteiger charge is -2.29. The van der Waals surface area contributed by atoms with Crippen molar-refractivity contribution < 1.29 is 0 Å². The maximum atomic E-state index is 4.79. The van der Waals surface area contributed by atoms with Crippen LogP contribution in [0.15, 0.2) is 4.60 Å². The molecule has 0 aromatic carbocycles. The van der Waals surface area contributed by atoms with E-state index < -0.39 is 0 Å². The van der Waals surface area contributed by atoms with Crippen molar-refractivity contribution >= 4 is 15.9 Å². The molecule has 0 bridgehead atoms. The standard InChI is InChI=1S/C12H18BrN3/c1-15-7-5-9(6-8-15)16-12(13)10-3-2-4-11(10)14-16/h9H,2-8H2,1H3. The molecule has 16 heavy (non-hydrogen) atoms. The molecule has 0 atom stereocenters. The van der Waals surface area contributed by atoms with E-state index in [0.29, 0.717) is 6.04 Å². The molecule has 0 amide bonds. The second kappa shape index (κ2) is 4.15. The third kappa shape index (κ3) is 1.72. The van der Waals surface area contributed by atoms with E-state index in [9.17, 15) is 0 Å². The average molecular weight is 284 g/mol. The van der Waals surface area contributed by atoms with Crippen molar-refractivity contribution in [2.24, 2.45) is 0 Å². The number of aromatic nitrogens is 2. The second-order valence-electron chi connectivity index (χ2n) is 5.05. The molecule has 0 saturated carbocycles. The summed E-state index contributed by atoms with van der Waals surface area (Å²) in [6, 6.07) is 0.608. The van der Waals surface area contributed by atoms with Crippen molar-refractivity contribution in [3.05, 3.63) is 15.9 Å². The van der Waals surface area contributed by atoms with E-state index in [4.69, 9.17) is 5.10 Å². The summed E-state index contributed by atoms with van der Waals surface area (Å²) < 4.78 is 3.51. The third-order valence-electron chi connectivity index (χ3n) is 3.90. The van der Waals surface area contributed by atoms with Gasteiger partial charge in [0.25, 0.3) is 0 Å². The van der Waals surface area contributed by atoms with Crippen molar-refractivity contribution in [1.82, 2.24) is 14.7 Å². The van der Waals surface area contributed by atoms with Crippen LogP contribution in [0.25, 0.3) is 0 Å². The number of hydrogen-bond donors (Lipinski definition) is 0. The van der Waals surface area contributed by atoms with E-state index in [2.05, 4.69) is 32.6 Å². The zero-order valence-corrected chi connectivity index (χ0v) is 11.3. The van der Waals surface area contributed by atoms with E-state index in [0.717, 1.165) is 0 Å². The van der Waals surface area contributed by atoms with Gasteiger partial charge in [0.1, 0.15) is 4.60 Å². The van der Waals surface area contributed by atoms with Gasteiger partial charge in [0.05, 0.1) is 11.7 Å². The van der Waals surface area contributed by atoms with Gasteiger partial charge in [-0.15, -0.1) is 0 Å². The minimum Gasteiger partial charge on any atom is -0.306 e. The molecule has 2 aliphatic rings. The topological polar surface area (TPSA) is 21.1 Å². The summed E-state index contributed by atoms with van der Waals surface area (Å²) in [7, 11) is 2.20. The molecule has 1 saturated heterocycles. The Bertz CT molecular complexity index is 391. The highest BCUT2D eigenvalue weighted by atomic mass is 79.9. The molecule has 1 aromatic heterocycles. The minimum absolute atomic E-state index is 0.608. The number of nitrogens with zero attached hydrogens (tertiary/aromatic N) is 3. The lowest BCUT2D eigenvalue weighted by molar-refractivity contribution is 0.210. The van der Waals surface area contributed by atoms with Crippen LogP contribution in [0.2, 0.25) is 0 Å². The van der Waals surface area contributed by atoms with E-state index >= 15 is 0 Å². The molecule has 0 radical (unpaired) electrons. The van der Waals surface area contributed by atoms with Gasteiger partial charge in [0.2, 0.25) is 0 Å². The first-order valence-corrected chi connectivity index (χ1v) is 6.99. The average Bonchev–Trinajstić information content (AvgIpc) is 2.84.